The van der Waals surface area contributed by atoms with Gasteiger partial charge >= 0.3 is 0 Å². The molecule has 5 aromatic carbocycles. The molecule has 0 nitrogen and oxygen atoms in total. The van der Waals surface area contributed by atoms with Crippen molar-refractivity contribution >= 4 is 16.3 Å². The fraction of sp³-hybridized carbons (Fsp3) is 0.256. The highest BCUT2D eigenvalue weighted by atomic mass is 14.5. The summed E-state index contributed by atoms with van der Waals surface area (Å²) in [6.45, 7) is 14.6. The molecule has 4 aliphatic carbocycles. The molecular weight excluding hydrogens is 516 g/mol. The van der Waals surface area contributed by atoms with E-state index in [-0.39, 0.29) is 16.2 Å². The molecule has 0 heterocycles. The molecule has 0 heteroatoms. The van der Waals surface area contributed by atoms with Gasteiger partial charge in [-0.05, 0) is 90.5 Å². The van der Waals surface area contributed by atoms with Gasteiger partial charge in [0, 0.05) is 22.2 Å². The Bertz CT molecular complexity index is 2120. The average Bonchev–Trinajstić information content (AvgIpc) is 3.49. The second-order valence-corrected chi connectivity index (χ2v) is 14.9. The van der Waals surface area contributed by atoms with Crippen molar-refractivity contribution in [1.82, 2.24) is 0 Å². The van der Waals surface area contributed by atoms with Crippen LogP contribution in [-0.4, -0.2) is 0 Å². The number of rotatable bonds is 1. The van der Waals surface area contributed by atoms with Gasteiger partial charge in [0.1, 0.15) is 0 Å². The van der Waals surface area contributed by atoms with Crippen molar-refractivity contribution in [1.29, 1.82) is 0 Å². The van der Waals surface area contributed by atoms with Gasteiger partial charge < -0.3 is 0 Å². The zero-order valence-electron chi connectivity index (χ0n) is 26.1. The third kappa shape index (κ3) is 3.07. The minimum Gasteiger partial charge on any atom is -0.0619 e. The van der Waals surface area contributed by atoms with Gasteiger partial charge in [-0.1, -0.05) is 144 Å². The number of fused-ring (bicyclic) bond motifs is 10. The predicted molar refractivity (Wildman–Crippen MR) is 182 cm³/mol. The van der Waals surface area contributed by atoms with Gasteiger partial charge in [0.05, 0.1) is 0 Å². The van der Waals surface area contributed by atoms with Gasteiger partial charge in [-0.25, -0.2) is 0 Å². The summed E-state index contributed by atoms with van der Waals surface area (Å²) in [7, 11) is 0. The zero-order valence-corrected chi connectivity index (χ0v) is 26.1. The van der Waals surface area contributed by atoms with Crippen molar-refractivity contribution < 1.29 is 0 Å². The lowest BCUT2D eigenvalue weighted by Crippen LogP contribution is -2.22. The second-order valence-electron chi connectivity index (χ2n) is 14.9. The molecule has 1 atom stereocenters. The fourth-order valence-electron chi connectivity index (χ4n) is 9.45. The maximum atomic E-state index is 2.60. The third-order valence-corrected chi connectivity index (χ3v) is 11.8. The van der Waals surface area contributed by atoms with Gasteiger partial charge in [0.25, 0.3) is 0 Å². The Morgan fingerprint density at radius 1 is 0.512 bits per heavy atom. The molecule has 0 radical (unpaired) electrons. The summed E-state index contributed by atoms with van der Waals surface area (Å²) in [6.07, 6.45) is 3.70. The lowest BCUT2D eigenvalue weighted by atomic mass is 9.71. The minimum atomic E-state index is -0.0365. The predicted octanol–water partition coefficient (Wildman–Crippen LogP) is 11.3. The number of hydrogen-bond donors (Lipinski definition) is 0. The van der Waals surface area contributed by atoms with E-state index in [1.807, 2.05) is 0 Å². The van der Waals surface area contributed by atoms with E-state index < -0.39 is 0 Å². The van der Waals surface area contributed by atoms with Gasteiger partial charge in [0.2, 0.25) is 0 Å². The first-order valence-corrected chi connectivity index (χ1v) is 16.0. The molecule has 0 bridgehead atoms. The Hall–Kier alpha value is -4.16. The average molecular weight is 555 g/mol. The molecule has 0 N–H and O–H groups in total. The lowest BCUT2D eigenvalue weighted by molar-refractivity contribution is 0.561. The minimum absolute atomic E-state index is 0.0111. The van der Waals surface area contributed by atoms with E-state index >= 15 is 0 Å². The maximum absolute atomic E-state index is 2.60. The molecule has 0 fully saturated rings. The lowest BCUT2D eigenvalue weighted by Gasteiger charge is -2.32. The van der Waals surface area contributed by atoms with E-state index in [2.05, 4.69) is 145 Å². The molecule has 43 heavy (non-hydrogen) atoms. The van der Waals surface area contributed by atoms with Crippen LogP contribution in [0.3, 0.4) is 0 Å². The van der Waals surface area contributed by atoms with E-state index in [0.717, 1.165) is 6.42 Å². The summed E-state index contributed by atoms with van der Waals surface area (Å²) in [4.78, 5) is 0. The van der Waals surface area contributed by atoms with Crippen LogP contribution in [0.15, 0.2) is 114 Å². The van der Waals surface area contributed by atoms with E-state index in [1.54, 1.807) is 16.7 Å². The first-order chi connectivity index (χ1) is 20.6. The monoisotopic (exact) mass is 554 g/mol. The topological polar surface area (TPSA) is 0 Å². The van der Waals surface area contributed by atoms with Crippen molar-refractivity contribution in [3.05, 3.63) is 148 Å². The second kappa shape index (κ2) is 8.06. The third-order valence-electron chi connectivity index (χ3n) is 11.8. The summed E-state index contributed by atoms with van der Waals surface area (Å²) in [5.74, 6) is 0.421. The molecule has 0 amide bonds. The number of hydrogen-bond acceptors (Lipinski definition) is 0. The number of benzene rings is 5. The summed E-state index contributed by atoms with van der Waals surface area (Å²) in [5, 5.41) is 2.80. The first kappa shape index (κ1) is 25.3. The molecule has 9 rings (SSSR count). The summed E-state index contributed by atoms with van der Waals surface area (Å²) in [6, 6.07) is 37.1. The highest BCUT2D eigenvalue weighted by Gasteiger charge is 2.49. The molecule has 0 aromatic heterocycles. The maximum Gasteiger partial charge on any atom is 0.0159 e. The Labute approximate surface area is 255 Å². The Morgan fingerprint density at radius 2 is 1.14 bits per heavy atom. The van der Waals surface area contributed by atoms with E-state index in [1.165, 1.54) is 66.4 Å². The van der Waals surface area contributed by atoms with E-state index in [9.17, 15) is 0 Å². The Kier molecular flexibility index (Phi) is 4.75. The van der Waals surface area contributed by atoms with Crippen molar-refractivity contribution in [3.63, 3.8) is 0 Å². The van der Waals surface area contributed by atoms with Crippen LogP contribution in [-0.2, 0) is 16.2 Å². The van der Waals surface area contributed by atoms with Crippen LogP contribution in [0.4, 0.5) is 0 Å². The number of allylic oxidation sites excluding steroid dienone is 4. The van der Waals surface area contributed by atoms with Crippen molar-refractivity contribution in [2.45, 2.75) is 70.1 Å². The molecule has 0 spiro atoms. The highest BCUT2D eigenvalue weighted by molar-refractivity contribution is 6.02. The Balaban J connectivity index is 1.25. The SMILES string of the molecule is CC1(C)C2=C(C=C3C(C2)c2c(cc(-c4ccc5c(c4)C(C)(C)c4ccccc4-5)c4ccccc24)C3(C)C)c2ccccc21. The van der Waals surface area contributed by atoms with Crippen LogP contribution >= 0.6 is 0 Å². The van der Waals surface area contributed by atoms with Gasteiger partial charge in [-0.15, -0.1) is 0 Å². The van der Waals surface area contributed by atoms with Crippen LogP contribution < -0.4 is 0 Å². The van der Waals surface area contributed by atoms with Crippen LogP contribution in [0.5, 0.6) is 0 Å². The fourth-order valence-corrected chi connectivity index (χ4v) is 9.45. The first-order valence-electron chi connectivity index (χ1n) is 16.0. The molecule has 4 aliphatic rings. The van der Waals surface area contributed by atoms with Crippen molar-refractivity contribution in [3.8, 4) is 22.3 Å². The summed E-state index contributed by atoms with van der Waals surface area (Å²) in [5.41, 5.74) is 19.0. The standard InChI is InChI=1S/C43H38/c1-41(2)34-17-11-9-14-27(34)29-20-19-25(21-36(29)41)31-22-39-40(30-16-8-7-13-26(30)31)33-24-37-32(23-38(33)43(39,5)6)28-15-10-12-18-35(28)42(37,3)4/h7-23,33H,24H2,1-6H3. The largest absolute Gasteiger partial charge is 0.0619 e. The Morgan fingerprint density at radius 3 is 1.91 bits per heavy atom. The van der Waals surface area contributed by atoms with Gasteiger partial charge in [-0.2, -0.15) is 0 Å². The zero-order chi connectivity index (χ0) is 29.5. The molecule has 0 saturated carbocycles. The summed E-state index contributed by atoms with van der Waals surface area (Å²) >= 11 is 0. The molecule has 1 unspecified atom stereocenters. The molecule has 210 valence electrons. The summed E-state index contributed by atoms with van der Waals surface area (Å²) < 4.78 is 0. The van der Waals surface area contributed by atoms with Crippen LogP contribution in [0.2, 0.25) is 0 Å². The van der Waals surface area contributed by atoms with Crippen molar-refractivity contribution in [2.75, 3.05) is 0 Å². The smallest absolute Gasteiger partial charge is 0.0159 e. The van der Waals surface area contributed by atoms with Crippen LogP contribution in [0.25, 0.3) is 38.6 Å². The van der Waals surface area contributed by atoms with E-state index in [0.29, 0.717) is 5.92 Å². The molecule has 0 saturated heterocycles. The van der Waals surface area contributed by atoms with Gasteiger partial charge in [-0.3, -0.25) is 0 Å². The van der Waals surface area contributed by atoms with Crippen LogP contribution in [0, 0.1) is 0 Å². The normalized spacial score (nSPS) is 21.1. The molecule has 0 aliphatic heterocycles. The van der Waals surface area contributed by atoms with Gasteiger partial charge in [0.15, 0.2) is 0 Å². The van der Waals surface area contributed by atoms with Crippen LogP contribution in [0.1, 0.15) is 87.3 Å². The molecule has 5 aromatic rings. The molecular formula is C43H38. The quantitative estimate of drug-likeness (QED) is 0.193. The highest BCUT2D eigenvalue weighted by Crippen LogP contribution is 2.62. The van der Waals surface area contributed by atoms with Crippen molar-refractivity contribution in [2.24, 2.45) is 0 Å². The van der Waals surface area contributed by atoms with E-state index in [4.69, 9.17) is 0 Å².